The first-order valence-electron chi connectivity index (χ1n) is 5.78. The second-order valence-corrected chi connectivity index (χ2v) is 4.31. The quantitative estimate of drug-likeness (QED) is 0.781. The Balaban J connectivity index is 2.05. The normalized spacial score (nSPS) is 25.1. The molecule has 0 aliphatic carbocycles. The van der Waals surface area contributed by atoms with Gasteiger partial charge in [-0.15, -0.1) is 0 Å². The van der Waals surface area contributed by atoms with Gasteiger partial charge in [-0.1, -0.05) is 30.3 Å². The fraction of sp³-hybridized carbons (Fsp3) is 0.462. The highest BCUT2D eigenvalue weighted by Crippen LogP contribution is 2.26. The molecule has 1 heterocycles. The third-order valence-corrected chi connectivity index (χ3v) is 3.24. The third kappa shape index (κ3) is 2.42. The van der Waals surface area contributed by atoms with Crippen LogP contribution < -0.4 is 10.6 Å². The van der Waals surface area contributed by atoms with Gasteiger partial charge in [0.2, 0.25) is 5.91 Å². The van der Waals surface area contributed by atoms with Gasteiger partial charge in [0.05, 0.1) is 5.92 Å². The Kier molecular flexibility index (Phi) is 3.57. The van der Waals surface area contributed by atoms with Crippen molar-refractivity contribution in [2.75, 3.05) is 20.1 Å². The van der Waals surface area contributed by atoms with Gasteiger partial charge in [-0.05, 0) is 17.9 Å². The summed E-state index contributed by atoms with van der Waals surface area (Å²) in [6.45, 7) is 1.76. The first-order valence-corrected chi connectivity index (χ1v) is 5.78. The minimum atomic E-state index is 0.101. The Morgan fingerprint density at radius 2 is 2.06 bits per heavy atom. The highest BCUT2D eigenvalue weighted by molar-refractivity contribution is 5.78. The Morgan fingerprint density at radius 1 is 1.31 bits per heavy atom. The number of carbonyl (C=O) groups excluding carboxylic acids is 1. The minimum absolute atomic E-state index is 0.101. The topological polar surface area (TPSA) is 41.1 Å². The van der Waals surface area contributed by atoms with Gasteiger partial charge in [0.15, 0.2) is 0 Å². The standard InChI is InChI=1S/C13H18N2O/c1-14-13(16)12-7-11(8-15-9-12)10-5-3-2-4-6-10/h2-6,11-12,15H,7-9H2,1H3,(H,14,16)/t11-,12+/m1/s1. The monoisotopic (exact) mass is 218 g/mol. The van der Waals surface area contributed by atoms with Crippen LogP contribution in [-0.2, 0) is 4.79 Å². The molecule has 3 heteroatoms. The third-order valence-electron chi connectivity index (χ3n) is 3.24. The average molecular weight is 218 g/mol. The maximum atomic E-state index is 11.6. The zero-order valence-electron chi connectivity index (χ0n) is 9.57. The summed E-state index contributed by atoms with van der Waals surface area (Å²) < 4.78 is 0. The molecule has 2 atom stereocenters. The molecule has 0 aromatic heterocycles. The van der Waals surface area contributed by atoms with Crippen LogP contribution in [0.25, 0.3) is 0 Å². The van der Waals surface area contributed by atoms with E-state index < -0.39 is 0 Å². The molecule has 2 rings (SSSR count). The van der Waals surface area contributed by atoms with Gasteiger partial charge in [0.25, 0.3) is 0 Å². The fourth-order valence-corrected chi connectivity index (χ4v) is 2.32. The number of rotatable bonds is 2. The van der Waals surface area contributed by atoms with Crippen molar-refractivity contribution in [2.24, 2.45) is 5.92 Å². The van der Waals surface area contributed by atoms with Crippen LogP contribution in [0.1, 0.15) is 17.9 Å². The molecular formula is C13H18N2O. The molecule has 1 fully saturated rings. The second-order valence-electron chi connectivity index (χ2n) is 4.31. The highest BCUT2D eigenvalue weighted by Gasteiger charge is 2.26. The number of hydrogen-bond donors (Lipinski definition) is 2. The van der Waals surface area contributed by atoms with Crippen molar-refractivity contribution < 1.29 is 4.79 Å². The molecule has 1 aliphatic rings. The van der Waals surface area contributed by atoms with Crippen molar-refractivity contribution in [1.29, 1.82) is 0 Å². The van der Waals surface area contributed by atoms with Crippen LogP contribution in [0.2, 0.25) is 0 Å². The van der Waals surface area contributed by atoms with Gasteiger partial charge in [0, 0.05) is 20.1 Å². The van der Waals surface area contributed by atoms with Crippen molar-refractivity contribution in [1.82, 2.24) is 10.6 Å². The van der Waals surface area contributed by atoms with Crippen LogP contribution in [0.4, 0.5) is 0 Å². The van der Waals surface area contributed by atoms with Crippen molar-refractivity contribution in [3.8, 4) is 0 Å². The van der Waals surface area contributed by atoms with Crippen LogP contribution in [0, 0.1) is 5.92 Å². The van der Waals surface area contributed by atoms with Gasteiger partial charge >= 0.3 is 0 Å². The first-order chi connectivity index (χ1) is 7.81. The van der Waals surface area contributed by atoms with Gasteiger partial charge in [-0.3, -0.25) is 4.79 Å². The van der Waals surface area contributed by atoms with Gasteiger partial charge in [0.1, 0.15) is 0 Å². The lowest BCUT2D eigenvalue weighted by molar-refractivity contribution is -0.125. The molecule has 1 saturated heterocycles. The summed E-state index contributed by atoms with van der Waals surface area (Å²) in [5.41, 5.74) is 1.32. The molecule has 1 aromatic rings. The molecule has 86 valence electrons. The van der Waals surface area contributed by atoms with Crippen molar-refractivity contribution in [2.45, 2.75) is 12.3 Å². The largest absolute Gasteiger partial charge is 0.359 e. The van der Waals surface area contributed by atoms with Gasteiger partial charge in [-0.25, -0.2) is 0 Å². The summed E-state index contributed by atoms with van der Waals surface area (Å²) in [6.07, 6.45) is 0.941. The molecular weight excluding hydrogens is 200 g/mol. The number of nitrogens with one attached hydrogen (secondary N) is 2. The molecule has 3 nitrogen and oxygen atoms in total. The molecule has 0 spiro atoms. The van der Waals surface area contributed by atoms with Crippen LogP contribution >= 0.6 is 0 Å². The van der Waals surface area contributed by atoms with E-state index in [1.54, 1.807) is 7.05 Å². The van der Waals surface area contributed by atoms with E-state index in [1.807, 2.05) is 6.07 Å². The Hall–Kier alpha value is -1.35. The number of piperidine rings is 1. The molecule has 0 bridgehead atoms. The summed E-state index contributed by atoms with van der Waals surface area (Å²) >= 11 is 0. The minimum Gasteiger partial charge on any atom is -0.359 e. The molecule has 1 aliphatic heterocycles. The summed E-state index contributed by atoms with van der Waals surface area (Å²) in [7, 11) is 1.70. The maximum absolute atomic E-state index is 11.6. The van der Waals surface area contributed by atoms with Crippen LogP contribution in [-0.4, -0.2) is 26.0 Å². The summed E-state index contributed by atoms with van der Waals surface area (Å²) in [5.74, 6) is 0.703. The SMILES string of the molecule is CNC(=O)[C@@H]1CNC[C@H](c2ccccc2)C1. The molecule has 2 N–H and O–H groups in total. The lowest BCUT2D eigenvalue weighted by Gasteiger charge is -2.29. The second kappa shape index (κ2) is 5.12. The molecule has 0 radical (unpaired) electrons. The van der Waals surface area contributed by atoms with E-state index in [-0.39, 0.29) is 11.8 Å². The van der Waals surface area contributed by atoms with Crippen LogP contribution in [0.3, 0.4) is 0 Å². The van der Waals surface area contributed by atoms with Crippen molar-refractivity contribution >= 4 is 5.91 Å². The number of carbonyl (C=O) groups is 1. The van der Waals surface area contributed by atoms with E-state index >= 15 is 0 Å². The first kappa shape index (κ1) is 11.1. The van der Waals surface area contributed by atoms with Crippen molar-refractivity contribution in [3.63, 3.8) is 0 Å². The van der Waals surface area contributed by atoms with Crippen LogP contribution in [0.5, 0.6) is 0 Å². The van der Waals surface area contributed by atoms with Crippen LogP contribution in [0.15, 0.2) is 30.3 Å². The van der Waals surface area contributed by atoms with E-state index in [9.17, 15) is 4.79 Å². The number of amides is 1. The molecule has 0 saturated carbocycles. The van der Waals surface area contributed by atoms with E-state index in [0.29, 0.717) is 5.92 Å². The van der Waals surface area contributed by atoms with E-state index in [4.69, 9.17) is 0 Å². The Bertz CT molecular complexity index is 350. The average Bonchev–Trinajstić information content (AvgIpc) is 2.39. The highest BCUT2D eigenvalue weighted by atomic mass is 16.1. The fourth-order valence-electron chi connectivity index (χ4n) is 2.32. The summed E-state index contributed by atoms with van der Waals surface area (Å²) in [4.78, 5) is 11.6. The lowest BCUT2D eigenvalue weighted by atomic mass is 9.85. The summed E-state index contributed by atoms with van der Waals surface area (Å²) in [6, 6.07) is 10.4. The molecule has 16 heavy (non-hydrogen) atoms. The van der Waals surface area contributed by atoms with E-state index in [1.165, 1.54) is 5.56 Å². The maximum Gasteiger partial charge on any atom is 0.224 e. The zero-order chi connectivity index (χ0) is 11.4. The molecule has 1 amide bonds. The molecule has 0 unspecified atom stereocenters. The van der Waals surface area contributed by atoms with E-state index in [0.717, 1.165) is 19.5 Å². The number of hydrogen-bond acceptors (Lipinski definition) is 2. The Labute approximate surface area is 96.2 Å². The van der Waals surface area contributed by atoms with Gasteiger partial charge in [-0.2, -0.15) is 0 Å². The predicted octanol–water partition coefficient (Wildman–Crippen LogP) is 1.13. The van der Waals surface area contributed by atoms with Crippen molar-refractivity contribution in [3.05, 3.63) is 35.9 Å². The predicted molar refractivity (Wildman–Crippen MR) is 64.2 cm³/mol. The Morgan fingerprint density at radius 3 is 2.75 bits per heavy atom. The smallest absolute Gasteiger partial charge is 0.224 e. The zero-order valence-corrected chi connectivity index (χ0v) is 9.57. The lowest BCUT2D eigenvalue weighted by Crippen LogP contribution is -2.42. The summed E-state index contributed by atoms with van der Waals surface area (Å²) in [5, 5.41) is 6.07. The van der Waals surface area contributed by atoms with E-state index in [2.05, 4.69) is 34.9 Å². The number of benzene rings is 1. The van der Waals surface area contributed by atoms with Gasteiger partial charge < -0.3 is 10.6 Å². The molecule has 1 aromatic carbocycles.